The van der Waals surface area contributed by atoms with Crippen molar-refractivity contribution in [2.24, 2.45) is 5.92 Å². The molecule has 1 rings (SSSR count). The Kier molecular flexibility index (Phi) is 4.32. The van der Waals surface area contributed by atoms with Crippen molar-refractivity contribution in [3.8, 4) is 0 Å². The van der Waals surface area contributed by atoms with Gasteiger partial charge in [0.25, 0.3) is 0 Å². The van der Waals surface area contributed by atoms with E-state index in [0.29, 0.717) is 18.2 Å². The number of hydrogen-bond acceptors (Lipinski definition) is 3. The zero-order valence-electron chi connectivity index (χ0n) is 11.1. The van der Waals surface area contributed by atoms with E-state index in [1.807, 2.05) is 27.7 Å². The van der Waals surface area contributed by atoms with Crippen LogP contribution in [-0.4, -0.2) is 35.5 Å². The summed E-state index contributed by atoms with van der Waals surface area (Å²) in [7, 11) is -3.44. The van der Waals surface area contributed by atoms with Crippen LogP contribution in [0.2, 0.25) is 0 Å². The van der Waals surface area contributed by atoms with Gasteiger partial charge in [-0.3, -0.25) is 5.10 Å². The van der Waals surface area contributed by atoms with Crippen LogP contribution < -0.4 is 0 Å². The lowest BCUT2D eigenvalue weighted by molar-refractivity contribution is 0.319. The molecule has 0 unspecified atom stereocenters. The number of aromatic amines is 1. The largest absolute Gasteiger partial charge is 0.281 e. The van der Waals surface area contributed by atoms with E-state index in [2.05, 4.69) is 10.2 Å². The molecule has 0 saturated carbocycles. The van der Waals surface area contributed by atoms with Gasteiger partial charge in [-0.05, 0) is 26.7 Å². The first-order valence-corrected chi connectivity index (χ1v) is 7.22. The Bertz CT molecular complexity index is 463. The lowest BCUT2D eigenvalue weighted by Gasteiger charge is -2.27. The van der Waals surface area contributed by atoms with E-state index in [1.54, 1.807) is 6.92 Å². The van der Waals surface area contributed by atoms with Crippen molar-refractivity contribution in [3.63, 3.8) is 0 Å². The smallest absolute Gasteiger partial charge is 0.246 e. The molecule has 0 aliphatic heterocycles. The Morgan fingerprint density at radius 2 is 1.94 bits per heavy atom. The third-order valence-corrected chi connectivity index (χ3v) is 4.65. The second kappa shape index (κ2) is 5.18. The van der Waals surface area contributed by atoms with Crippen LogP contribution in [0.1, 0.15) is 33.4 Å². The third-order valence-electron chi connectivity index (χ3n) is 2.49. The molecule has 0 aliphatic rings. The van der Waals surface area contributed by atoms with Crippen LogP contribution in [0.15, 0.2) is 11.1 Å². The summed E-state index contributed by atoms with van der Waals surface area (Å²) in [6.45, 7) is 10.0. The number of nitrogens with zero attached hydrogens (tertiary/aromatic N) is 2. The number of nitrogens with one attached hydrogen (secondary N) is 1. The van der Waals surface area contributed by atoms with Crippen LogP contribution in [-0.2, 0) is 10.0 Å². The Labute approximate surface area is 103 Å². The minimum atomic E-state index is -3.44. The van der Waals surface area contributed by atoms with Crippen LogP contribution in [0, 0.1) is 12.8 Å². The molecule has 0 amide bonds. The van der Waals surface area contributed by atoms with Gasteiger partial charge in [0.05, 0.1) is 11.9 Å². The standard InChI is InChI=1S/C11H21N3O2S/c1-8(2)7-14(9(3)4)17(15,16)11-6-12-13-10(11)5/h6,8-9H,7H2,1-5H3,(H,12,13). The lowest BCUT2D eigenvalue weighted by Crippen LogP contribution is -2.39. The van der Waals surface area contributed by atoms with Crippen LogP contribution in [0.5, 0.6) is 0 Å². The van der Waals surface area contributed by atoms with Crippen molar-refractivity contribution in [1.29, 1.82) is 0 Å². The molecule has 1 aromatic heterocycles. The molecule has 0 spiro atoms. The van der Waals surface area contributed by atoms with Crippen molar-refractivity contribution in [1.82, 2.24) is 14.5 Å². The molecule has 0 aliphatic carbocycles. The van der Waals surface area contributed by atoms with E-state index in [1.165, 1.54) is 10.5 Å². The van der Waals surface area contributed by atoms with E-state index in [9.17, 15) is 8.42 Å². The van der Waals surface area contributed by atoms with Crippen LogP contribution in [0.25, 0.3) is 0 Å². The first kappa shape index (κ1) is 14.2. The van der Waals surface area contributed by atoms with E-state index in [-0.39, 0.29) is 10.9 Å². The molecule has 5 nitrogen and oxygen atoms in total. The van der Waals surface area contributed by atoms with Gasteiger partial charge in [0.2, 0.25) is 10.0 Å². The normalized spacial score (nSPS) is 12.9. The summed E-state index contributed by atoms with van der Waals surface area (Å²) in [4.78, 5) is 0.270. The minimum Gasteiger partial charge on any atom is -0.281 e. The Balaban J connectivity index is 3.14. The second-order valence-electron chi connectivity index (χ2n) is 4.92. The Hall–Kier alpha value is -0.880. The van der Waals surface area contributed by atoms with E-state index in [0.717, 1.165) is 0 Å². The fourth-order valence-electron chi connectivity index (χ4n) is 1.67. The molecule has 0 radical (unpaired) electrons. The molecule has 6 heteroatoms. The number of aryl methyl sites for hydroxylation is 1. The fraction of sp³-hybridized carbons (Fsp3) is 0.727. The van der Waals surface area contributed by atoms with Gasteiger partial charge < -0.3 is 0 Å². The maximum Gasteiger partial charge on any atom is 0.246 e. The fourth-order valence-corrected chi connectivity index (χ4v) is 3.59. The predicted molar refractivity (Wildman–Crippen MR) is 67.2 cm³/mol. The van der Waals surface area contributed by atoms with E-state index in [4.69, 9.17) is 0 Å². The summed E-state index contributed by atoms with van der Waals surface area (Å²) in [5, 5.41) is 6.44. The van der Waals surface area contributed by atoms with Gasteiger partial charge in [0.15, 0.2) is 0 Å². The van der Waals surface area contributed by atoms with Gasteiger partial charge in [-0.1, -0.05) is 13.8 Å². The summed E-state index contributed by atoms with van der Waals surface area (Å²) in [6, 6.07) is -0.0586. The molecular weight excluding hydrogens is 238 g/mol. The Morgan fingerprint density at radius 3 is 2.29 bits per heavy atom. The zero-order valence-corrected chi connectivity index (χ0v) is 11.9. The number of sulfonamides is 1. The molecule has 0 atom stereocenters. The maximum atomic E-state index is 12.5. The quantitative estimate of drug-likeness (QED) is 0.876. The molecule has 17 heavy (non-hydrogen) atoms. The van der Waals surface area contributed by atoms with Crippen molar-refractivity contribution in [2.75, 3.05) is 6.54 Å². The SMILES string of the molecule is Cc1[nH]ncc1S(=O)(=O)N(CC(C)C)C(C)C. The van der Waals surface area contributed by atoms with Crippen molar-refractivity contribution in [3.05, 3.63) is 11.9 Å². The molecule has 1 aromatic rings. The third kappa shape index (κ3) is 3.07. The van der Waals surface area contributed by atoms with Crippen LogP contribution >= 0.6 is 0 Å². The average molecular weight is 259 g/mol. The van der Waals surface area contributed by atoms with Crippen molar-refractivity contribution in [2.45, 2.75) is 45.6 Å². The predicted octanol–water partition coefficient (Wildman–Crippen LogP) is 1.77. The number of rotatable bonds is 5. The molecule has 1 heterocycles. The van der Waals surface area contributed by atoms with Crippen molar-refractivity contribution >= 4 is 10.0 Å². The molecule has 0 bridgehead atoms. The molecule has 0 aromatic carbocycles. The second-order valence-corrected chi connectivity index (χ2v) is 6.78. The molecule has 98 valence electrons. The van der Waals surface area contributed by atoms with Gasteiger partial charge >= 0.3 is 0 Å². The summed E-state index contributed by atoms with van der Waals surface area (Å²) >= 11 is 0. The average Bonchev–Trinajstić information content (AvgIpc) is 2.60. The van der Waals surface area contributed by atoms with Gasteiger partial charge in [0, 0.05) is 12.6 Å². The molecule has 0 saturated heterocycles. The van der Waals surface area contributed by atoms with Gasteiger partial charge in [-0.2, -0.15) is 9.40 Å². The topological polar surface area (TPSA) is 66.1 Å². The van der Waals surface area contributed by atoms with Gasteiger partial charge in [0.1, 0.15) is 4.90 Å². The summed E-state index contributed by atoms with van der Waals surface area (Å²) in [5.41, 5.74) is 0.583. The molecular formula is C11H21N3O2S. The summed E-state index contributed by atoms with van der Waals surface area (Å²) < 4.78 is 26.4. The minimum absolute atomic E-state index is 0.0586. The van der Waals surface area contributed by atoms with E-state index >= 15 is 0 Å². The number of hydrogen-bond donors (Lipinski definition) is 1. The summed E-state index contributed by atoms with van der Waals surface area (Å²) in [5.74, 6) is 0.291. The van der Waals surface area contributed by atoms with Crippen LogP contribution in [0.4, 0.5) is 0 Å². The number of aromatic nitrogens is 2. The van der Waals surface area contributed by atoms with Crippen LogP contribution in [0.3, 0.4) is 0 Å². The first-order valence-electron chi connectivity index (χ1n) is 5.78. The maximum absolute atomic E-state index is 12.5. The highest BCUT2D eigenvalue weighted by molar-refractivity contribution is 7.89. The molecule has 1 N–H and O–H groups in total. The highest BCUT2D eigenvalue weighted by Gasteiger charge is 2.29. The first-order chi connectivity index (χ1) is 7.76. The lowest BCUT2D eigenvalue weighted by atomic mass is 10.2. The highest BCUT2D eigenvalue weighted by Crippen LogP contribution is 2.21. The number of H-pyrrole nitrogens is 1. The monoisotopic (exact) mass is 259 g/mol. The van der Waals surface area contributed by atoms with E-state index < -0.39 is 10.0 Å². The Morgan fingerprint density at radius 1 is 1.35 bits per heavy atom. The van der Waals surface area contributed by atoms with Crippen molar-refractivity contribution < 1.29 is 8.42 Å². The van der Waals surface area contributed by atoms with Gasteiger partial charge in [-0.15, -0.1) is 0 Å². The highest BCUT2D eigenvalue weighted by atomic mass is 32.2. The molecule has 0 fully saturated rings. The van der Waals surface area contributed by atoms with Gasteiger partial charge in [-0.25, -0.2) is 8.42 Å². The summed E-state index contributed by atoms with van der Waals surface area (Å²) in [6.07, 6.45) is 1.38. The zero-order chi connectivity index (χ0) is 13.2.